The van der Waals surface area contributed by atoms with E-state index in [9.17, 15) is 10.1 Å². The molecule has 0 unspecified atom stereocenters. The summed E-state index contributed by atoms with van der Waals surface area (Å²) in [7, 11) is 4.10. The van der Waals surface area contributed by atoms with Crippen molar-refractivity contribution >= 4 is 22.7 Å². The lowest BCUT2D eigenvalue weighted by Gasteiger charge is -2.22. The molecular weight excluding hydrogens is 406 g/mol. The molecule has 0 amide bonds. The summed E-state index contributed by atoms with van der Waals surface area (Å²) in [5, 5.41) is 20.9. The second-order valence-corrected chi connectivity index (χ2v) is 7.00. The molecule has 3 N–H and O–H groups in total. The van der Waals surface area contributed by atoms with Crippen LogP contribution >= 0.6 is 0 Å². The van der Waals surface area contributed by atoms with E-state index in [4.69, 9.17) is 5.73 Å². The van der Waals surface area contributed by atoms with Crippen molar-refractivity contribution in [1.29, 1.82) is 0 Å². The SMILES string of the molecule is CN(C)CCCN.O=[N+]([O-])c1ccccc1N(NN=Nc1ccccc1)c1ccccc1. The van der Waals surface area contributed by atoms with Gasteiger partial charge in [0.25, 0.3) is 5.69 Å². The van der Waals surface area contributed by atoms with Gasteiger partial charge in [-0.05, 0) is 63.9 Å². The first kappa shape index (κ1) is 24.4. The predicted octanol–water partition coefficient (Wildman–Crippen LogP) is 4.83. The van der Waals surface area contributed by atoms with E-state index in [1.807, 2.05) is 60.7 Å². The highest BCUT2D eigenvalue weighted by Crippen LogP contribution is 2.31. The van der Waals surface area contributed by atoms with Gasteiger partial charge in [0.05, 0.1) is 16.3 Å². The molecule has 3 aromatic carbocycles. The molecule has 0 saturated carbocycles. The summed E-state index contributed by atoms with van der Waals surface area (Å²) >= 11 is 0. The first-order chi connectivity index (χ1) is 15.5. The van der Waals surface area contributed by atoms with Gasteiger partial charge < -0.3 is 10.6 Å². The number of hydrogen-bond acceptors (Lipinski definition) is 7. The summed E-state index contributed by atoms with van der Waals surface area (Å²) < 4.78 is 0. The van der Waals surface area contributed by atoms with Gasteiger partial charge in [0.15, 0.2) is 0 Å². The van der Waals surface area contributed by atoms with Gasteiger partial charge in [-0.15, -0.1) is 5.11 Å². The molecule has 168 valence electrons. The molecule has 3 aromatic rings. The zero-order valence-electron chi connectivity index (χ0n) is 18.3. The highest BCUT2D eigenvalue weighted by molar-refractivity contribution is 5.70. The maximum absolute atomic E-state index is 11.3. The van der Waals surface area contributed by atoms with Crippen LogP contribution in [0.15, 0.2) is 95.3 Å². The summed E-state index contributed by atoms with van der Waals surface area (Å²) in [6, 6.07) is 24.8. The lowest BCUT2D eigenvalue weighted by Crippen LogP contribution is -2.29. The molecule has 32 heavy (non-hydrogen) atoms. The van der Waals surface area contributed by atoms with Crippen LogP contribution in [0.4, 0.5) is 22.7 Å². The molecule has 0 aliphatic rings. The minimum atomic E-state index is -0.429. The number of benzene rings is 3. The van der Waals surface area contributed by atoms with Crippen molar-refractivity contribution in [3.05, 3.63) is 95.0 Å². The number of nitro benzene ring substituents is 1. The quantitative estimate of drug-likeness (QED) is 0.283. The number of nitrogens with one attached hydrogen (secondary N) is 1. The predicted molar refractivity (Wildman–Crippen MR) is 128 cm³/mol. The van der Waals surface area contributed by atoms with E-state index in [2.05, 4.69) is 34.9 Å². The fourth-order valence-electron chi connectivity index (χ4n) is 2.66. The largest absolute Gasteiger partial charge is 0.330 e. The summed E-state index contributed by atoms with van der Waals surface area (Å²) in [6.07, 6.45) is 1.10. The minimum absolute atomic E-state index is 0.0336. The van der Waals surface area contributed by atoms with E-state index in [1.165, 1.54) is 11.1 Å². The third-order valence-corrected chi connectivity index (χ3v) is 4.21. The fraction of sp³-hybridized carbons (Fsp3) is 0.217. The van der Waals surface area contributed by atoms with Crippen LogP contribution in [0.2, 0.25) is 0 Å². The average molecular weight is 436 g/mol. The van der Waals surface area contributed by atoms with E-state index in [-0.39, 0.29) is 5.69 Å². The number of nitro groups is 1. The molecule has 9 nitrogen and oxygen atoms in total. The van der Waals surface area contributed by atoms with Crippen molar-refractivity contribution in [3.63, 3.8) is 0 Å². The summed E-state index contributed by atoms with van der Waals surface area (Å²) in [6.45, 7) is 1.91. The Morgan fingerprint density at radius 2 is 1.53 bits per heavy atom. The molecular formula is C23H29N7O2. The lowest BCUT2D eigenvalue weighted by atomic mass is 10.2. The zero-order chi connectivity index (χ0) is 23.2. The van der Waals surface area contributed by atoms with Crippen LogP contribution in [0.5, 0.6) is 0 Å². The average Bonchev–Trinajstić information content (AvgIpc) is 2.82. The Labute approximate surface area is 188 Å². The molecule has 0 radical (unpaired) electrons. The summed E-state index contributed by atoms with van der Waals surface area (Å²) in [4.78, 5) is 13.1. The first-order valence-corrected chi connectivity index (χ1v) is 10.2. The highest BCUT2D eigenvalue weighted by atomic mass is 16.6. The first-order valence-electron chi connectivity index (χ1n) is 10.2. The Morgan fingerprint density at radius 1 is 0.938 bits per heavy atom. The van der Waals surface area contributed by atoms with Crippen LogP contribution in [-0.2, 0) is 0 Å². The van der Waals surface area contributed by atoms with Crippen molar-refractivity contribution in [2.24, 2.45) is 16.1 Å². The summed E-state index contributed by atoms with van der Waals surface area (Å²) in [5.74, 6) is 0. The van der Waals surface area contributed by atoms with Crippen molar-refractivity contribution in [3.8, 4) is 0 Å². The number of nitrogens with two attached hydrogens (primary N) is 1. The van der Waals surface area contributed by atoms with Crippen LogP contribution in [0.25, 0.3) is 0 Å². The second-order valence-electron chi connectivity index (χ2n) is 7.00. The molecule has 0 fully saturated rings. The minimum Gasteiger partial charge on any atom is -0.330 e. The highest BCUT2D eigenvalue weighted by Gasteiger charge is 2.20. The smallest absolute Gasteiger partial charge is 0.294 e. The second kappa shape index (κ2) is 13.5. The third kappa shape index (κ3) is 8.13. The number of nitrogens with zero attached hydrogens (tertiary/aromatic N) is 5. The van der Waals surface area contributed by atoms with Gasteiger partial charge in [-0.3, -0.25) is 10.1 Å². The van der Waals surface area contributed by atoms with E-state index in [0.29, 0.717) is 17.1 Å². The van der Waals surface area contributed by atoms with Crippen LogP contribution in [0.1, 0.15) is 6.42 Å². The maximum atomic E-state index is 11.3. The zero-order valence-corrected chi connectivity index (χ0v) is 18.3. The van der Waals surface area contributed by atoms with Crippen molar-refractivity contribution < 1.29 is 4.92 Å². The number of para-hydroxylation sites is 3. The monoisotopic (exact) mass is 435 g/mol. The van der Waals surface area contributed by atoms with E-state index >= 15 is 0 Å². The number of hydrogen-bond donors (Lipinski definition) is 2. The van der Waals surface area contributed by atoms with E-state index < -0.39 is 4.92 Å². The van der Waals surface area contributed by atoms with Crippen molar-refractivity contribution in [2.75, 3.05) is 32.2 Å². The van der Waals surface area contributed by atoms with Gasteiger partial charge in [-0.25, -0.2) is 5.01 Å². The van der Waals surface area contributed by atoms with Gasteiger partial charge in [0.1, 0.15) is 5.69 Å². The summed E-state index contributed by atoms with van der Waals surface area (Å²) in [5.41, 5.74) is 9.74. The van der Waals surface area contributed by atoms with Gasteiger partial charge in [0, 0.05) is 6.07 Å². The van der Waals surface area contributed by atoms with Gasteiger partial charge >= 0.3 is 0 Å². The maximum Gasteiger partial charge on any atom is 0.294 e. The molecule has 0 bridgehead atoms. The van der Waals surface area contributed by atoms with Crippen LogP contribution in [0.3, 0.4) is 0 Å². The Morgan fingerprint density at radius 3 is 2.09 bits per heavy atom. The standard InChI is InChI=1S/C18H15N5O2.C5H14N2/c24-23(25)18-14-8-7-13-17(18)22(16-11-5-2-6-12-16)21-20-19-15-9-3-1-4-10-15;1-7(2)5-3-4-6/h1-14H,(H,19,21);3-6H2,1-2H3. The van der Waals surface area contributed by atoms with E-state index in [0.717, 1.165) is 19.5 Å². The Bertz CT molecular complexity index is 966. The van der Waals surface area contributed by atoms with Gasteiger partial charge in [-0.1, -0.05) is 53.8 Å². The van der Waals surface area contributed by atoms with E-state index in [1.54, 1.807) is 18.2 Å². The van der Waals surface area contributed by atoms with Gasteiger partial charge in [-0.2, -0.15) is 5.53 Å². The Kier molecular flexibility index (Phi) is 10.3. The molecule has 9 heteroatoms. The Hall–Kier alpha value is -3.82. The third-order valence-electron chi connectivity index (χ3n) is 4.21. The molecule has 0 heterocycles. The normalized spacial score (nSPS) is 10.5. The molecule has 0 atom stereocenters. The lowest BCUT2D eigenvalue weighted by molar-refractivity contribution is -0.384. The topological polar surface area (TPSA) is 112 Å². The molecule has 0 aliphatic heterocycles. The van der Waals surface area contributed by atoms with Crippen molar-refractivity contribution in [1.82, 2.24) is 10.4 Å². The van der Waals surface area contributed by atoms with Crippen molar-refractivity contribution in [2.45, 2.75) is 6.42 Å². The fourth-order valence-corrected chi connectivity index (χ4v) is 2.66. The van der Waals surface area contributed by atoms with Crippen LogP contribution in [-0.4, -0.2) is 37.0 Å². The number of hydrazine groups is 1. The molecule has 3 rings (SSSR count). The molecule has 0 saturated heterocycles. The van der Waals surface area contributed by atoms with Crippen LogP contribution < -0.4 is 16.3 Å². The molecule has 0 aliphatic carbocycles. The molecule has 0 spiro atoms. The number of rotatable bonds is 9. The van der Waals surface area contributed by atoms with Crippen LogP contribution in [0, 0.1) is 10.1 Å². The number of anilines is 2. The Balaban J connectivity index is 0.000000451. The van der Waals surface area contributed by atoms with Gasteiger partial charge in [0.2, 0.25) is 0 Å². The molecule has 0 aromatic heterocycles.